The van der Waals surface area contributed by atoms with Crippen LogP contribution < -0.4 is 0 Å². The van der Waals surface area contributed by atoms with Gasteiger partial charge in [0.05, 0.1) is 5.56 Å². The molecule has 1 aromatic carbocycles. The lowest BCUT2D eigenvalue weighted by atomic mass is 9.99. The maximum absolute atomic E-state index is 13.1. The van der Waals surface area contributed by atoms with E-state index >= 15 is 0 Å². The van der Waals surface area contributed by atoms with E-state index in [2.05, 4.69) is 10.1 Å². The van der Waals surface area contributed by atoms with Gasteiger partial charge in [-0.1, -0.05) is 18.2 Å². The molecule has 3 rings (SSSR count). The third-order valence-electron chi connectivity index (χ3n) is 3.15. The minimum absolute atomic E-state index is 0.0701. The molecule has 0 radical (unpaired) electrons. The van der Waals surface area contributed by atoms with Crippen molar-refractivity contribution in [1.29, 1.82) is 0 Å². The number of hydrogen-bond acceptors (Lipinski definition) is 3. The number of fused-ring (bicyclic) bond motifs is 1. The van der Waals surface area contributed by atoms with Crippen LogP contribution in [0.2, 0.25) is 0 Å². The number of rotatable bonds is 2. The zero-order chi connectivity index (χ0) is 15.9. The molecule has 3 aromatic rings. The number of halogens is 3. The lowest BCUT2D eigenvalue weighted by Crippen LogP contribution is -2.08. The zero-order valence-corrected chi connectivity index (χ0v) is 10.9. The van der Waals surface area contributed by atoms with Crippen molar-refractivity contribution in [2.24, 2.45) is 0 Å². The highest BCUT2D eigenvalue weighted by Crippen LogP contribution is 2.37. The molecule has 5 nitrogen and oxygen atoms in total. The molecule has 0 bridgehead atoms. The first-order valence-electron chi connectivity index (χ1n) is 6.11. The van der Waals surface area contributed by atoms with Gasteiger partial charge in [-0.05, 0) is 17.7 Å². The van der Waals surface area contributed by atoms with Crippen LogP contribution in [0.5, 0.6) is 0 Å². The van der Waals surface area contributed by atoms with Crippen molar-refractivity contribution in [3.05, 3.63) is 54.0 Å². The average molecular weight is 307 g/mol. The van der Waals surface area contributed by atoms with Gasteiger partial charge in [0, 0.05) is 11.8 Å². The first-order valence-corrected chi connectivity index (χ1v) is 6.11. The molecular weight excluding hydrogens is 299 g/mol. The lowest BCUT2D eigenvalue weighted by Gasteiger charge is -2.13. The Balaban J connectivity index is 2.30. The molecule has 0 unspecified atom stereocenters. The number of carboxylic acids is 1. The Morgan fingerprint density at radius 3 is 2.64 bits per heavy atom. The fraction of sp³-hybridized carbons (Fsp3) is 0.0714. The molecule has 0 amide bonds. The summed E-state index contributed by atoms with van der Waals surface area (Å²) in [5.74, 6) is -1.29. The van der Waals surface area contributed by atoms with Crippen molar-refractivity contribution in [2.45, 2.75) is 6.18 Å². The SMILES string of the molecule is O=C(O)c1cc(-c2ccccc2C(F)(F)F)cn2ncnc12. The number of aromatic nitrogens is 3. The molecule has 0 spiro atoms. The van der Waals surface area contributed by atoms with Crippen molar-refractivity contribution in [2.75, 3.05) is 0 Å². The molecule has 2 heterocycles. The molecule has 0 fully saturated rings. The predicted octanol–water partition coefficient (Wildman–Crippen LogP) is 3.11. The van der Waals surface area contributed by atoms with E-state index in [4.69, 9.17) is 0 Å². The minimum atomic E-state index is -4.54. The summed E-state index contributed by atoms with van der Waals surface area (Å²) in [7, 11) is 0. The van der Waals surface area contributed by atoms with Gasteiger partial charge < -0.3 is 5.11 Å². The van der Waals surface area contributed by atoms with Crippen LogP contribution in [0.15, 0.2) is 42.9 Å². The number of pyridine rings is 1. The van der Waals surface area contributed by atoms with E-state index in [1.807, 2.05) is 0 Å². The van der Waals surface area contributed by atoms with Gasteiger partial charge in [-0.15, -0.1) is 0 Å². The summed E-state index contributed by atoms with van der Waals surface area (Å²) in [5, 5.41) is 13.0. The number of aromatic carboxylic acids is 1. The maximum atomic E-state index is 13.1. The summed E-state index contributed by atoms with van der Waals surface area (Å²) in [6.07, 6.45) is -2.09. The van der Waals surface area contributed by atoms with Gasteiger partial charge in [0.25, 0.3) is 0 Å². The van der Waals surface area contributed by atoms with E-state index in [0.717, 1.165) is 23.0 Å². The predicted molar refractivity (Wildman–Crippen MR) is 70.4 cm³/mol. The van der Waals surface area contributed by atoms with Gasteiger partial charge in [0.2, 0.25) is 0 Å². The van der Waals surface area contributed by atoms with Crippen LogP contribution in [0, 0.1) is 0 Å². The Labute approximate surface area is 121 Å². The van der Waals surface area contributed by atoms with Crippen LogP contribution in [0.1, 0.15) is 15.9 Å². The Morgan fingerprint density at radius 1 is 1.23 bits per heavy atom. The fourth-order valence-corrected chi connectivity index (χ4v) is 2.21. The monoisotopic (exact) mass is 307 g/mol. The Morgan fingerprint density at radius 2 is 1.95 bits per heavy atom. The largest absolute Gasteiger partial charge is 0.478 e. The summed E-state index contributed by atoms with van der Waals surface area (Å²) in [6.45, 7) is 0. The minimum Gasteiger partial charge on any atom is -0.478 e. The molecule has 112 valence electrons. The smallest absolute Gasteiger partial charge is 0.417 e. The third kappa shape index (κ3) is 2.28. The molecule has 0 aliphatic rings. The number of carbonyl (C=O) groups is 1. The second-order valence-electron chi connectivity index (χ2n) is 4.52. The summed E-state index contributed by atoms with van der Waals surface area (Å²) in [5.41, 5.74) is -1.00. The van der Waals surface area contributed by atoms with Crippen LogP contribution in [0.4, 0.5) is 13.2 Å². The van der Waals surface area contributed by atoms with Gasteiger partial charge in [-0.2, -0.15) is 18.3 Å². The Bertz CT molecular complexity index is 871. The number of hydrogen-bond donors (Lipinski definition) is 1. The molecule has 8 heteroatoms. The number of alkyl halides is 3. The molecule has 0 aliphatic carbocycles. The van der Waals surface area contributed by atoms with Gasteiger partial charge in [-0.25, -0.2) is 14.3 Å². The van der Waals surface area contributed by atoms with Crippen molar-refractivity contribution in [3.8, 4) is 11.1 Å². The second-order valence-corrected chi connectivity index (χ2v) is 4.52. The van der Waals surface area contributed by atoms with Crippen LogP contribution in [0.25, 0.3) is 16.8 Å². The van der Waals surface area contributed by atoms with Gasteiger partial charge in [0.15, 0.2) is 5.65 Å². The van der Waals surface area contributed by atoms with Crippen LogP contribution in [-0.2, 0) is 6.18 Å². The highest BCUT2D eigenvalue weighted by Gasteiger charge is 2.33. The topological polar surface area (TPSA) is 67.5 Å². The molecule has 2 aromatic heterocycles. The van der Waals surface area contributed by atoms with Crippen molar-refractivity contribution in [3.63, 3.8) is 0 Å². The highest BCUT2D eigenvalue weighted by molar-refractivity contribution is 5.95. The second kappa shape index (κ2) is 4.83. The number of nitrogens with zero attached hydrogens (tertiary/aromatic N) is 3. The van der Waals surface area contributed by atoms with E-state index in [1.54, 1.807) is 0 Å². The molecule has 0 saturated heterocycles. The van der Waals surface area contributed by atoms with E-state index < -0.39 is 17.7 Å². The summed E-state index contributed by atoms with van der Waals surface area (Å²) >= 11 is 0. The molecule has 0 saturated carbocycles. The van der Waals surface area contributed by atoms with Gasteiger partial charge >= 0.3 is 12.1 Å². The van der Waals surface area contributed by atoms with E-state index in [9.17, 15) is 23.1 Å². The first kappa shape index (κ1) is 14.1. The lowest BCUT2D eigenvalue weighted by molar-refractivity contribution is -0.137. The van der Waals surface area contributed by atoms with Crippen LogP contribution in [0.3, 0.4) is 0 Å². The summed E-state index contributed by atoms with van der Waals surface area (Å²) in [4.78, 5) is 15.1. The normalized spacial score (nSPS) is 11.8. The molecule has 0 aliphatic heterocycles. The maximum Gasteiger partial charge on any atom is 0.417 e. The van der Waals surface area contributed by atoms with Crippen molar-refractivity contribution in [1.82, 2.24) is 14.6 Å². The molecular formula is C14H8F3N3O2. The van der Waals surface area contributed by atoms with Gasteiger partial charge in [0.1, 0.15) is 11.9 Å². The third-order valence-corrected chi connectivity index (χ3v) is 3.15. The number of benzene rings is 1. The van der Waals surface area contributed by atoms with Crippen LogP contribution in [-0.4, -0.2) is 25.7 Å². The van der Waals surface area contributed by atoms with E-state index in [-0.39, 0.29) is 22.3 Å². The zero-order valence-electron chi connectivity index (χ0n) is 10.9. The highest BCUT2D eigenvalue weighted by atomic mass is 19.4. The Hall–Kier alpha value is -2.90. The molecule has 22 heavy (non-hydrogen) atoms. The molecule has 1 N–H and O–H groups in total. The van der Waals surface area contributed by atoms with E-state index in [1.165, 1.54) is 24.4 Å². The van der Waals surface area contributed by atoms with Crippen molar-refractivity contribution >= 4 is 11.6 Å². The standard InChI is InChI=1S/C14H8F3N3O2/c15-14(16,17)11-4-2-1-3-9(11)8-5-10(13(21)22)12-18-7-19-20(12)6-8/h1-7H,(H,21,22). The first-order chi connectivity index (χ1) is 10.4. The fourth-order valence-electron chi connectivity index (χ4n) is 2.21. The van der Waals surface area contributed by atoms with E-state index in [0.29, 0.717) is 0 Å². The summed E-state index contributed by atoms with van der Waals surface area (Å²) in [6, 6.07) is 6.12. The quantitative estimate of drug-likeness (QED) is 0.790. The average Bonchev–Trinajstić information content (AvgIpc) is 2.93. The van der Waals surface area contributed by atoms with Crippen LogP contribution >= 0.6 is 0 Å². The number of carboxylic acid groups (broad SMARTS) is 1. The van der Waals surface area contributed by atoms with Gasteiger partial charge in [-0.3, -0.25) is 0 Å². The summed E-state index contributed by atoms with van der Waals surface area (Å²) < 4.78 is 40.4. The van der Waals surface area contributed by atoms with Crippen molar-refractivity contribution < 1.29 is 23.1 Å². The molecule has 0 atom stereocenters. The Kier molecular flexibility index (Phi) is 3.09.